The molecule has 0 fully saturated rings. The Bertz CT molecular complexity index is 652. The number of hydrogen-bond acceptors (Lipinski definition) is 1. The van der Waals surface area contributed by atoms with Gasteiger partial charge in [0.25, 0.3) is 0 Å². The summed E-state index contributed by atoms with van der Waals surface area (Å²) in [5, 5.41) is 0. The molecule has 0 spiro atoms. The molecule has 0 aromatic heterocycles. The zero-order valence-corrected chi connectivity index (χ0v) is 14.9. The quantitative estimate of drug-likeness (QED) is 0.621. The van der Waals surface area contributed by atoms with Gasteiger partial charge in [-0.15, -0.1) is 0 Å². The molecule has 0 aliphatic carbocycles. The normalized spacial score (nSPS) is 10.7. The average Bonchev–Trinajstić information content (AvgIpc) is 2.36. The first-order valence-electron chi connectivity index (χ1n) is 6.43. The van der Waals surface area contributed by atoms with Gasteiger partial charge >= 0.3 is 0 Å². The summed E-state index contributed by atoms with van der Waals surface area (Å²) in [5.74, 6) is 0.133. The third-order valence-electron chi connectivity index (χ3n) is 3.41. The Labute approximate surface area is 136 Å². The SMILES string of the molecule is Cc1cc(C)c(CC(=O)c2cc(Br)ccc2Br)c(C)c1. The zero-order valence-electron chi connectivity index (χ0n) is 11.8. The number of halogens is 2. The van der Waals surface area contributed by atoms with Crippen molar-refractivity contribution in [3.05, 3.63) is 67.1 Å². The summed E-state index contributed by atoms with van der Waals surface area (Å²) in [6.07, 6.45) is 0.437. The fourth-order valence-electron chi connectivity index (χ4n) is 2.46. The van der Waals surface area contributed by atoms with E-state index in [1.165, 1.54) is 16.7 Å². The van der Waals surface area contributed by atoms with E-state index in [1.54, 1.807) is 0 Å². The maximum Gasteiger partial charge on any atom is 0.168 e. The van der Waals surface area contributed by atoms with Gasteiger partial charge in [-0.05, 0) is 55.7 Å². The molecule has 3 heteroatoms. The molecular weight excluding hydrogens is 380 g/mol. The van der Waals surface area contributed by atoms with Crippen molar-refractivity contribution in [3.63, 3.8) is 0 Å². The fraction of sp³-hybridized carbons (Fsp3) is 0.235. The maximum atomic E-state index is 12.5. The van der Waals surface area contributed by atoms with Crippen LogP contribution >= 0.6 is 31.9 Å². The molecule has 0 amide bonds. The van der Waals surface area contributed by atoms with Crippen LogP contribution in [0.25, 0.3) is 0 Å². The van der Waals surface area contributed by atoms with E-state index in [1.807, 2.05) is 18.2 Å². The molecule has 0 atom stereocenters. The van der Waals surface area contributed by atoms with Crippen molar-refractivity contribution < 1.29 is 4.79 Å². The van der Waals surface area contributed by atoms with Crippen LogP contribution in [-0.2, 0) is 6.42 Å². The standard InChI is InChI=1S/C17H16Br2O/c1-10-6-11(2)14(12(3)7-10)9-17(20)15-8-13(18)4-5-16(15)19/h4-8H,9H2,1-3H3. The van der Waals surface area contributed by atoms with Gasteiger partial charge in [0.2, 0.25) is 0 Å². The second-order valence-corrected chi connectivity index (χ2v) is 6.87. The molecule has 0 saturated heterocycles. The van der Waals surface area contributed by atoms with Crippen LogP contribution in [0.1, 0.15) is 32.6 Å². The van der Waals surface area contributed by atoms with Crippen LogP contribution in [0.15, 0.2) is 39.3 Å². The number of rotatable bonds is 3. The number of ketones is 1. The smallest absolute Gasteiger partial charge is 0.168 e. The number of Topliss-reactive ketones (excluding diaryl/α,β-unsaturated/α-hetero) is 1. The minimum Gasteiger partial charge on any atom is -0.294 e. The summed E-state index contributed by atoms with van der Waals surface area (Å²) in [5.41, 5.74) is 5.45. The van der Waals surface area contributed by atoms with Gasteiger partial charge in [-0.1, -0.05) is 49.6 Å². The van der Waals surface area contributed by atoms with Gasteiger partial charge in [-0.2, -0.15) is 0 Å². The number of hydrogen-bond donors (Lipinski definition) is 0. The first-order chi connectivity index (χ1) is 9.38. The van der Waals surface area contributed by atoms with E-state index in [2.05, 4.69) is 64.8 Å². The summed E-state index contributed by atoms with van der Waals surface area (Å²) in [6, 6.07) is 9.94. The molecule has 0 heterocycles. The van der Waals surface area contributed by atoms with Crippen LogP contribution in [0.5, 0.6) is 0 Å². The Balaban J connectivity index is 2.35. The highest BCUT2D eigenvalue weighted by molar-refractivity contribution is 9.11. The first-order valence-corrected chi connectivity index (χ1v) is 8.02. The molecule has 1 nitrogen and oxygen atoms in total. The molecule has 0 bridgehead atoms. The average molecular weight is 396 g/mol. The van der Waals surface area contributed by atoms with E-state index in [0.717, 1.165) is 20.1 Å². The van der Waals surface area contributed by atoms with Crippen molar-refractivity contribution in [2.24, 2.45) is 0 Å². The molecule has 0 saturated carbocycles. The minimum absolute atomic E-state index is 0.133. The molecule has 104 valence electrons. The van der Waals surface area contributed by atoms with Gasteiger partial charge in [-0.25, -0.2) is 0 Å². The molecular formula is C17H16Br2O. The maximum absolute atomic E-state index is 12.5. The van der Waals surface area contributed by atoms with E-state index in [-0.39, 0.29) is 5.78 Å². The third-order valence-corrected chi connectivity index (χ3v) is 4.59. The molecule has 2 aromatic carbocycles. The van der Waals surface area contributed by atoms with Crippen LogP contribution < -0.4 is 0 Å². The molecule has 20 heavy (non-hydrogen) atoms. The highest BCUT2D eigenvalue weighted by Crippen LogP contribution is 2.25. The van der Waals surface area contributed by atoms with Gasteiger partial charge in [0.05, 0.1) is 0 Å². The molecule has 0 radical (unpaired) electrons. The number of aryl methyl sites for hydroxylation is 3. The van der Waals surface area contributed by atoms with Gasteiger partial charge in [0.15, 0.2) is 5.78 Å². The van der Waals surface area contributed by atoms with Crippen molar-refractivity contribution in [1.82, 2.24) is 0 Å². The van der Waals surface area contributed by atoms with Crippen molar-refractivity contribution >= 4 is 37.6 Å². The Morgan fingerprint density at radius 3 is 2.20 bits per heavy atom. The highest BCUT2D eigenvalue weighted by Gasteiger charge is 2.14. The monoisotopic (exact) mass is 394 g/mol. The molecule has 2 rings (SSSR count). The van der Waals surface area contributed by atoms with Gasteiger partial charge in [0.1, 0.15) is 0 Å². The summed E-state index contributed by atoms with van der Waals surface area (Å²) in [4.78, 5) is 12.5. The Kier molecular flexibility index (Phi) is 4.82. The van der Waals surface area contributed by atoms with E-state index < -0.39 is 0 Å². The molecule has 0 aliphatic heterocycles. The predicted octanol–water partition coefficient (Wildman–Crippen LogP) is 5.56. The minimum atomic E-state index is 0.133. The fourth-order valence-corrected chi connectivity index (χ4v) is 3.28. The van der Waals surface area contributed by atoms with Crippen LogP contribution in [0.4, 0.5) is 0 Å². The van der Waals surface area contributed by atoms with Crippen LogP contribution in [-0.4, -0.2) is 5.78 Å². The van der Waals surface area contributed by atoms with E-state index in [4.69, 9.17) is 0 Å². The molecule has 2 aromatic rings. The summed E-state index contributed by atoms with van der Waals surface area (Å²) >= 11 is 6.87. The van der Waals surface area contributed by atoms with E-state index in [0.29, 0.717) is 6.42 Å². The lowest BCUT2D eigenvalue weighted by Gasteiger charge is -2.11. The first kappa shape index (κ1) is 15.5. The lowest BCUT2D eigenvalue weighted by Crippen LogP contribution is -2.07. The van der Waals surface area contributed by atoms with E-state index in [9.17, 15) is 4.79 Å². The Morgan fingerprint density at radius 1 is 1.00 bits per heavy atom. The second kappa shape index (κ2) is 6.23. The third kappa shape index (κ3) is 3.39. The molecule has 0 aliphatic rings. The van der Waals surface area contributed by atoms with Crippen molar-refractivity contribution in [1.29, 1.82) is 0 Å². The molecule has 0 unspecified atom stereocenters. The number of carbonyl (C=O) groups is 1. The predicted molar refractivity (Wildman–Crippen MR) is 90.5 cm³/mol. The summed E-state index contributed by atoms with van der Waals surface area (Å²) in [6.45, 7) is 6.22. The highest BCUT2D eigenvalue weighted by atomic mass is 79.9. The van der Waals surface area contributed by atoms with Crippen LogP contribution in [0.2, 0.25) is 0 Å². The number of benzene rings is 2. The lowest BCUT2D eigenvalue weighted by molar-refractivity contribution is 0.0991. The van der Waals surface area contributed by atoms with Crippen molar-refractivity contribution in [3.8, 4) is 0 Å². The van der Waals surface area contributed by atoms with Gasteiger partial charge in [-0.3, -0.25) is 4.79 Å². The van der Waals surface area contributed by atoms with Crippen molar-refractivity contribution in [2.75, 3.05) is 0 Å². The van der Waals surface area contributed by atoms with Crippen molar-refractivity contribution in [2.45, 2.75) is 27.2 Å². The van der Waals surface area contributed by atoms with Gasteiger partial charge in [0, 0.05) is 20.9 Å². The lowest BCUT2D eigenvalue weighted by atomic mass is 9.94. The van der Waals surface area contributed by atoms with E-state index >= 15 is 0 Å². The van der Waals surface area contributed by atoms with Crippen LogP contribution in [0.3, 0.4) is 0 Å². The Morgan fingerprint density at radius 2 is 1.60 bits per heavy atom. The number of carbonyl (C=O) groups excluding carboxylic acids is 1. The second-order valence-electron chi connectivity index (χ2n) is 5.10. The van der Waals surface area contributed by atoms with Gasteiger partial charge < -0.3 is 0 Å². The Hall–Kier alpha value is -0.930. The zero-order chi connectivity index (χ0) is 14.9. The largest absolute Gasteiger partial charge is 0.294 e. The topological polar surface area (TPSA) is 17.1 Å². The van der Waals surface area contributed by atoms with Crippen LogP contribution in [0, 0.1) is 20.8 Å². The molecule has 0 N–H and O–H groups in total. The summed E-state index contributed by atoms with van der Waals surface area (Å²) < 4.78 is 1.76. The summed E-state index contributed by atoms with van der Waals surface area (Å²) in [7, 11) is 0.